The zero-order chi connectivity index (χ0) is 24.0. The van der Waals surface area contributed by atoms with E-state index in [2.05, 4.69) is 16.9 Å². The Bertz CT molecular complexity index is 1180. The molecule has 178 valence electrons. The normalized spacial score (nSPS) is 21.0. The fourth-order valence-electron chi connectivity index (χ4n) is 4.48. The monoisotopic (exact) mass is 498 g/mol. The van der Waals surface area contributed by atoms with Crippen LogP contribution in [0.15, 0.2) is 40.1 Å². The number of aryl methyl sites for hydroxylation is 1. The number of ether oxygens (including phenoxy) is 1. The number of thiazole rings is 1. The molecule has 3 fully saturated rings. The lowest BCUT2D eigenvalue weighted by molar-refractivity contribution is -0.135. The number of nitrogens with zero attached hydrogens (tertiary/aromatic N) is 3. The Morgan fingerprint density at radius 1 is 1.26 bits per heavy atom. The maximum atomic E-state index is 13.5. The first-order valence-electron chi connectivity index (χ1n) is 11.2. The van der Waals surface area contributed by atoms with E-state index in [1.54, 1.807) is 18.2 Å². The minimum atomic E-state index is -0.0965. The van der Waals surface area contributed by atoms with E-state index >= 15 is 0 Å². The molecule has 0 spiro atoms. The standard InChI is InChI=1S/C24H26N4O4S2/c1-4-20(29)28-11-15-10-27(12-17(15)28)23(31)16-8-19(13(2)7-18(16)32-3)33-21-9-25-24(34-21)26-22(30)14-5-6-14/h4,7-9,14-15,17H,1,5-6,10-12H2,2-3H3,(H,25,26,30)/t15-,17-/m1/s1. The molecule has 1 aromatic carbocycles. The van der Waals surface area contributed by atoms with E-state index in [1.165, 1.54) is 29.2 Å². The number of aromatic nitrogens is 1. The van der Waals surface area contributed by atoms with Crippen LogP contribution in [-0.4, -0.2) is 65.3 Å². The number of hydrogen-bond acceptors (Lipinski definition) is 7. The van der Waals surface area contributed by atoms with Crippen LogP contribution in [0, 0.1) is 18.8 Å². The number of fused-ring (bicyclic) bond motifs is 1. The molecule has 3 aliphatic rings. The summed E-state index contributed by atoms with van der Waals surface area (Å²) in [4.78, 5) is 46.3. The van der Waals surface area contributed by atoms with Gasteiger partial charge in [-0.25, -0.2) is 4.98 Å². The van der Waals surface area contributed by atoms with Gasteiger partial charge >= 0.3 is 0 Å². The first kappa shape index (κ1) is 22.9. The van der Waals surface area contributed by atoms with Crippen molar-refractivity contribution < 1.29 is 19.1 Å². The summed E-state index contributed by atoms with van der Waals surface area (Å²) >= 11 is 2.94. The smallest absolute Gasteiger partial charge is 0.257 e. The van der Waals surface area contributed by atoms with Crippen LogP contribution in [0.25, 0.3) is 0 Å². The summed E-state index contributed by atoms with van der Waals surface area (Å²) in [7, 11) is 1.56. The van der Waals surface area contributed by atoms with Gasteiger partial charge in [-0.15, -0.1) is 0 Å². The molecule has 3 heterocycles. The van der Waals surface area contributed by atoms with Crippen LogP contribution in [0.2, 0.25) is 0 Å². The molecular formula is C24H26N4O4S2. The predicted octanol–water partition coefficient (Wildman–Crippen LogP) is 3.43. The molecule has 0 unspecified atom stereocenters. The van der Waals surface area contributed by atoms with E-state index in [1.807, 2.05) is 24.0 Å². The summed E-state index contributed by atoms with van der Waals surface area (Å²) < 4.78 is 6.47. The van der Waals surface area contributed by atoms with Crippen LogP contribution < -0.4 is 10.1 Å². The molecule has 2 aromatic rings. The zero-order valence-corrected chi connectivity index (χ0v) is 20.7. The van der Waals surface area contributed by atoms with Gasteiger partial charge in [0.05, 0.1) is 29.1 Å². The summed E-state index contributed by atoms with van der Waals surface area (Å²) in [6.45, 7) is 7.35. The molecule has 2 atom stereocenters. The topological polar surface area (TPSA) is 91.8 Å². The number of methoxy groups -OCH3 is 1. The Morgan fingerprint density at radius 3 is 2.76 bits per heavy atom. The third-order valence-electron chi connectivity index (χ3n) is 6.58. The number of carbonyl (C=O) groups excluding carboxylic acids is 3. The average molecular weight is 499 g/mol. The van der Waals surface area contributed by atoms with Crippen molar-refractivity contribution in [3.63, 3.8) is 0 Å². The van der Waals surface area contributed by atoms with E-state index in [9.17, 15) is 14.4 Å². The fraction of sp³-hybridized carbons (Fsp3) is 0.417. The SMILES string of the molecule is C=CC(=O)N1C[C@H]2CN(C(=O)c3cc(Sc4cnc(NC(=O)C5CC5)s4)c(C)cc3OC)C[C@H]21. The largest absolute Gasteiger partial charge is 0.496 e. The molecule has 1 aliphatic carbocycles. The van der Waals surface area contributed by atoms with Gasteiger partial charge in [0, 0.05) is 36.4 Å². The van der Waals surface area contributed by atoms with Crippen LogP contribution in [0.4, 0.5) is 5.13 Å². The highest BCUT2D eigenvalue weighted by molar-refractivity contribution is 8.01. The second-order valence-electron chi connectivity index (χ2n) is 8.90. The first-order valence-corrected chi connectivity index (χ1v) is 12.9. The maximum Gasteiger partial charge on any atom is 0.257 e. The number of rotatable bonds is 7. The van der Waals surface area contributed by atoms with Gasteiger partial charge in [0.2, 0.25) is 11.8 Å². The van der Waals surface area contributed by atoms with Crippen LogP contribution >= 0.6 is 23.1 Å². The van der Waals surface area contributed by atoms with Crippen LogP contribution in [-0.2, 0) is 9.59 Å². The Labute approximate surface area is 206 Å². The van der Waals surface area contributed by atoms with Crippen molar-refractivity contribution in [1.29, 1.82) is 0 Å². The Hall–Kier alpha value is -2.85. The molecule has 0 bridgehead atoms. The highest BCUT2D eigenvalue weighted by atomic mass is 32.2. The lowest BCUT2D eigenvalue weighted by atomic mass is 9.92. The maximum absolute atomic E-state index is 13.5. The Kier molecular flexibility index (Phi) is 6.11. The van der Waals surface area contributed by atoms with Gasteiger partial charge in [0.25, 0.3) is 5.91 Å². The molecule has 10 heteroatoms. The molecule has 1 N–H and O–H groups in total. The van der Waals surface area contributed by atoms with Crippen molar-refractivity contribution in [3.8, 4) is 5.75 Å². The fourth-order valence-corrected chi connectivity index (χ4v) is 6.42. The lowest BCUT2D eigenvalue weighted by Gasteiger charge is -2.42. The molecular weight excluding hydrogens is 472 g/mol. The van der Waals surface area contributed by atoms with Crippen molar-refractivity contribution >= 4 is 46.0 Å². The molecule has 3 amide bonds. The number of amides is 3. The van der Waals surface area contributed by atoms with E-state index in [0.29, 0.717) is 42.0 Å². The van der Waals surface area contributed by atoms with Gasteiger partial charge in [-0.1, -0.05) is 29.7 Å². The third kappa shape index (κ3) is 4.32. The van der Waals surface area contributed by atoms with E-state index in [-0.39, 0.29) is 29.7 Å². The van der Waals surface area contributed by atoms with Crippen molar-refractivity contribution in [1.82, 2.24) is 14.8 Å². The molecule has 1 aromatic heterocycles. The quantitative estimate of drug-likeness (QED) is 0.588. The molecule has 8 nitrogen and oxygen atoms in total. The van der Waals surface area contributed by atoms with Crippen molar-refractivity contribution in [2.75, 3.05) is 32.1 Å². The summed E-state index contributed by atoms with van der Waals surface area (Å²) in [5.41, 5.74) is 1.49. The number of likely N-dealkylation sites (tertiary alicyclic amines) is 2. The van der Waals surface area contributed by atoms with Gasteiger partial charge < -0.3 is 19.9 Å². The second kappa shape index (κ2) is 9.07. The van der Waals surface area contributed by atoms with Gasteiger partial charge in [0.15, 0.2) is 5.13 Å². The number of anilines is 1. The van der Waals surface area contributed by atoms with E-state index < -0.39 is 0 Å². The zero-order valence-electron chi connectivity index (χ0n) is 19.1. The average Bonchev–Trinajstić information content (AvgIpc) is 3.51. The summed E-state index contributed by atoms with van der Waals surface area (Å²) in [5.74, 6) is 0.819. The van der Waals surface area contributed by atoms with Gasteiger partial charge in [0.1, 0.15) is 5.75 Å². The van der Waals surface area contributed by atoms with Gasteiger partial charge in [-0.2, -0.15) is 0 Å². The molecule has 5 rings (SSSR count). The van der Waals surface area contributed by atoms with Gasteiger partial charge in [-0.3, -0.25) is 14.4 Å². The van der Waals surface area contributed by atoms with Crippen molar-refractivity contribution in [3.05, 3.63) is 42.1 Å². The Balaban J connectivity index is 1.32. The minimum Gasteiger partial charge on any atom is -0.496 e. The molecule has 2 aliphatic heterocycles. The number of benzene rings is 1. The molecule has 34 heavy (non-hydrogen) atoms. The number of nitrogens with one attached hydrogen (secondary N) is 1. The van der Waals surface area contributed by atoms with Crippen LogP contribution in [0.5, 0.6) is 5.75 Å². The van der Waals surface area contributed by atoms with Gasteiger partial charge in [-0.05, 0) is 43.5 Å². The number of carbonyl (C=O) groups is 3. The third-order valence-corrected chi connectivity index (χ3v) is 8.76. The minimum absolute atomic E-state index is 0.0346. The molecule has 0 radical (unpaired) electrons. The summed E-state index contributed by atoms with van der Waals surface area (Å²) in [6.07, 6.45) is 4.96. The van der Waals surface area contributed by atoms with E-state index in [0.717, 1.165) is 27.5 Å². The second-order valence-corrected chi connectivity index (χ2v) is 11.3. The lowest BCUT2D eigenvalue weighted by Crippen LogP contribution is -2.57. The van der Waals surface area contributed by atoms with Crippen molar-refractivity contribution in [2.45, 2.75) is 34.9 Å². The highest BCUT2D eigenvalue weighted by Gasteiger charge is 2.48. The highest BCUT2D eigenvalue weighted by Crippen LogP contribution is 2.40. The predicted molar refractivity (Wildman–Crippen MR) is 130 cm³/mol. The first-order chi connectivity index (χ1) is 16.4. The molecule has 2 saturated heterocycles. The summed E-state index contributed by atoms with van der Waals surface area (Å²) in [5, 5.41) is 3.47. The van der Waals surface area contributed by atoms with Crippen LogP contribution in [0.3, 0.4) is 0 Å². The number of hydrogen-bond donors (Lipinski definition) is 1. The Morgan fingerprint density at radius 2 is 2.06 bits per heavy atom. The molecule has 1 saturated carbocycles. The van der Waals surface area contributed by atoms with Crippen molar-refractivity contribution in [2.24, 2.45) is 11.8 Å². The van der Waals surface area contributed by atoms with E-state index in [4.69, 9.17) is 4.74 Å². The summed E-state index contributed by atoms with van der Waals surface area (Å²) in [6, 6.07) is 3.81. The van der Waals surface area contributed by atoms with Crippen LogP contribution in [0.1, 0.15) is 28.8 Å².